The van der Waals surface area contributed by atoms with Crippen LogP contribution in [-0.2, 0) is 13.0 Å². The van der Waals surface area contributed by atoms with E-state index in [9.17, 15) is 4.79 Å². The molecule has 23 heavy (non-hydrogen) atoms. The molecule has 1 N–H and O–H groups in total. The van der Waals surface area contributed by atoms with Crippen LogP contribution in [0.4, 0.5) is 0 Å². The Balaban J connectivity index is 2.48. The molecule has 0 saturated heterocycles. The highest BCUT2D eigenvalue weighted by Crippen LogP contribution is 2.24. The quantitative estimate of drug-likeness (QED) is 0.853. The molecule has 1 aromatic carbocycles. The lowest BCUT2D eigenvalue weighted by molar-refractivity contribution is 0.0944. The van der Waals surface area contributed by atoms with E-state index in [0.717, 1.165) is 30.6 Å². The summed E-state index contributed by atoms with van der Waals surface area (Å²) in [6, 6.07) is 8.38. The second-order valence-corrected chi connectivity index (χ2v) is 6.16. The number of benzene rings is 1. The van der Waals surface area contributed by atoms with Crippen LogP contribution in [0.1, 0.15) is 58.7 Å². The Hall–Kier alpha value is -2.03. The van der Waals surface area contributed by atoms with Crippen molar-refractivity contribution in [3.63, 3.8) is 0 Å². The molecule has 1 aromatic heterocycles. The fourth-order valence-electron chi connectivity index (χ4n) is 3.24. The second kappa shape index (κ2) is 7.49. The number of nitrogens with zero attached hydrogens (tertiary/aromatic N) is 1. The first-order valence-corrected chi connectivity index (χ1v) is 8.52. The molecule has 0 bridgehead atoms. The molecule has 0 fully saturated rings. The molecule has 0 aliphatic carbocycles. The zero-order valence-electron chi connectivity index (χ0n) is 15.0. The third-order valence-corrected chi connectivity index (χ3v) is 4.61. The van der Waals surface area contributed by atoms with Crippen LogP contribution in [0.5, 0.6) is 0 Å². The minimum absolute atomic E-state index is 0.0423. The number of amides is 1. The van der Waals surface area contributed by atoms with Gasteiger partial charge in [-0.1, -0.05) is 38.1 Å². The smallest absolute Gasteiger partial charge is 0.268 e. The molecule has 0 unspecified atom stereocenters. The van der Waals surface area contributed by atoms with Gasteiger partial charge in [-0.05, 0) is 55.9 Å². The van der Waals surface area contributed by atoms with Crippen LogP contribution in [0, 0.1) is 20.8 Å². The average molecular weight is 312 g/mol. The van der Waals surface area contributed by atoms with Crippen LogP contribution in [0.2, 0.25) is 0 Å². The molecule has 1 heterocycles. The van der Waals surface area contributed by atoms with Gasteiger partial charge in [-0.15, -0.1) is 0 Å². The maximum Gasteiger partial charge on any atom is 0.268 e. The number of carbonyl (C=O) groups excluding carboxylic acids is 1. The van der Waals surface area contributed by atoms with E-state index < -0.39 is 0 Å². The predicted octanol–water partition coefficient (Wildman–Crippen LogP) is 4.16. The summed E-state index contributed by atoms with van der Waals surface area (Å²) in [5, 5.41) is 3.04. The van der Waals surface area contributed by atoms with E-state index in [0.29, 0.717) is 6.54 Å². The lowest BCUT2D eigenvalue weighted by Crippen LogP contribution is -2.27. The monoisotopic (exact) mass is 312 g/mol. The molecule has 0 saturated carbocycles. The summed E-state index contributed by atoms with van der Waals surface area (Å²) in [5.74, 6) is 0.0423. The number of nitrogens with one attached hydrogen (secondary N) is 1. The first kappa shape index (κ1) is 17.3. The maximum atomic E-state index is 12.7. The Labute approximate surface area is 139 Å². The highest BCUT2D eigenvalue weighted by atomic mass is 16.1. The van der Waals surface area contributed by atoms with E-state index in [1.165, 1.54) is 22.4 Å². The van der Waals surface area contributed by atoms with Crippen LogP contribution in [-0.4, -0.2) is 17.0 Å². The van der Waals surface area contributed by atoms with E-state index in [1.807, 2.05) is 0 Å². The third kappa shape index (κ3) is 3.49. The lowest BCUT2D eigenvalue weighted by atomic mass is 10.1. The third-order valence-electron chi connectivity index (χ3n) is 4.61. The van der Waals surface area contributed by atoms with E-state index >= 15 is 0 Å². The molecule has 0 aliphatic heterocycles. The zero-order chi connectivity index (χ0) is 17.0. The van der Waals surface area contributed by atoms with Gasteiger partial charge < -0.3 is 9.88 Å². The molecule has 3 heteroatoms. The molecular weight excluding hydrogens is 284 g/mol. The Kier molecular flexibility index (Phi) is 5.64. The van der Waals surface area contributed by atoms with E-state index in [1.54, 1.807) is 0 Å². The van der Waals surface area contributed by atoms with E-state index in [2.05, 4.69) is 68.8 Å². The van der Waals surface area contributed by atoms with Crippen LogP contribution in [0.25, 0.3) is 0 Å². The molecular formula is C20H28N2O. The van der Waals surface area contributed by atoms with Gasteiger partial charge in [-0.3, -0.25) is 4.79 Å². The van der Waals surface area contributed by atoms with Crippen molar-refractivity contribution in [3.8, 4) is 0 Å². The fraction of sp³-hybridized carbons (Fsp3) is 0.450. The van der Waals surface area contributed by atoms with Gasteiger partial charge in [-0.25, -0.2) is 0 Å². The van der Waals surface area contributed by atoms with Crippen molar-refractivity contribution in [3.05, 3.63) is 57.9 Å². The predicted molar refractivity (Wildman–Crippen MR) is 96.2 cm³/mol. The largest absolute Gasteiger partial charge is 0.351 e. The van der Waals surface area contributed by atoms with Gasteiger partial charge in [0.15, 0.2) is 0 Å². The van der Waals surface area contributed by atoms with Gasteiger partial charge >= 0.3 is 0 Å². The van der Waals surface area contributed by atoms with Crippen LogP contribution in [0.3, 0.4) is 0 Å². The van der Waals surface area contributed by atoms with Gasteiger partial charge in [-0.2, -0.15) is 0 Å². The van der Waals surface area contributed by atoms with Gasteiger partial charge in [0, 0.05) is 18.8 Å². The molecule has 0 aliphatic rings. The van der Waals surface area contributed by atoms with Gasteiger partial charge in [0.1, 0.15) is 5.69 Å². The van der Waals surface area contributed by atoms with E-state index in [-0.39, 0.29) is 5.91 Å². The standard InChI is InChI=1S/C20H28N2O/c1-6-12-21-20(23)19-15(4)18(7-2)16(5)22(19)13-17-11-9-8-10-14(17)3/h8-11H,6-7,12-13H2,1-5H3,(H,21,23). The second-order valence-electron chi connectivity index (χ2n) is 6.16. The Morgan fingerprint density at radius 3 is 2.43 bits per heavy atom. The van der Waals surface area contributed by atoms with Crippen LogP contribution >= 0.6 is 0 Å². The summed E-state index contributed by atoms with van der Waals surface area (Å²) in [4.78, 5) is 12.7. The van der Waals surface area contributed by atoms with Crippen molar-refractivity contribution >= 4 is 5.91 Å². The zero-order valence-corrected chi connectivity index (χ0v) is 15.0. The molecule has 0 spiro atoms. The lowest BCUT2D eigenvalue weighted by Gasteiger charge is -2.14. The molecule has 3 nitrogen and oxygen atoms in total. The maximum absolute atomic E-state index is 12.7. The summed E-state index contributed by atoms with van der Waals surface area (Å²) >= 11 is 0. The molecule has 0 radical (unpaired) electrons. The summed E-state index contributed by atoms with van der Waals surface area (Å²) < 4.78 is 2.18. The number of carbonyl (C=O) groups is 1. The minimum Gasteiger partial charge on any atom is -0.351 e. The average Bonchev–Trinajstić information content (AvgIpc) is 2.77. The number of hydrogen-bond acceptors (Lipinski definition) is 1. The topological polar surface area (TPSA) is 34.0 Å². The SMILES string of the molecule is CCCNC(=O)c1c(C)c(CC)c(C)n1Cc1ccccc1C. The van der Waals surface area contributed by atoms with Crippen molar-refractivity contribution < 1.29 is 4.79 Å². The van der Waals surface area contributed by atoms with Gasteiger partial charge in [0.05, 0.1) is 0 Å². The van der Waals surface area contributed by atoms with Crippen molar-refractivity contribution in [1.29, 1.82) is 0 Å². The summed E-state index contributed by atoms with van der Waals surface area (Å²) in [6.07, 6.45) is 1.90. The Morgan fingerprint density at radius 1 is 1.13 bits per heavy atom. The van der Waals surface area contributed by atoms with Crippen molar-refractivity contribution in [2.75, 3.05) is 6.54 Å². The molecule has 124 valence electrons. The van der Waals surface area contributed by atoms with Crippen molar-refractivity contribution in [2.45, 2.75) is 54.0 Å². The molecule has 1 amide bonds. The number of rotatable bonds is 6. The van der Waals surface area contributed by atoms with Crippen molar-refractivity contribution in [2.24, 2.45) is 0 Å². The number of aryl methyl sites for hydroxylation is 1. The first-order chi connectivity index (χ1) is 11.0. The number of hydrogen-bond donors (Lipinski definition) is 1. The van der Waals surface area contributed by atoms with Crippen LogP contribution in [0.15, 0.2) is 24.3 Å². The first-order valence-electron chi connectivity index (χ1n) is 8.52. The summed E-state index contributed by atoms with van der Waals surface area (Å²) in [6.45, 7) is 12.0. The summed E-state index contributed by atoms with van der Waals surface area (Å²) in [7, 11) is 0. The Morgan fingerprint density at radius 2 is 1.83 bits per heavy atom. The summed E-state index contributed by atoms with van der Waals surface area (Å²) in [5.41, 5.74) is 6.95. The number of aromatic nitrogens is 1. The Bertz CT molecular complexity index is 698. The van der Waals surface area contributed by atoms with Gasteiger partial charge in [0.25, 0.3) is 5.91 Å². The molecule has 2 aromatic rings. The normalized spacial score (nSPS) is 10.8. The van der Waals surface area contributed by atoms with Gasteiger partial charge in [0.2, 0.25) is 0 Å². The highest BCUT2D eigenvalue weighted by molar-refractivity contribution is 5.95. The molecule has 0 atom stereocenters. The van der Waals surface area contributed by atoms with Crippen LogP contribution < -0.4 is 5.32 Å². The van der Waals surface area contributed by atoms with E-state index in [4.69, 9.17) is 0 Å². The molecule has 2 rings (SSSR count). The fourth-order valence-corrected chi connectivity index (χ4v) is 3.24. The van der Waals surface area contributed by atoms with Crippen molar-refractivity contribution in [1.82, 2.24) is 9.88 Å². The minimum atomic E-state index is 0.0423. The highest BCUT2D eigenvalue weighted by Gasteiger charge is 2.21.